The van der Waals surface area contributed by atoms with Crippen LogP contribution in [0, 0.1) is 0 Å². The van der Waals surface area contributed by atoms with Crippen LogP contribution in [0.1, 0.15) is 20.3 Å². The molecule has 0 unspecified atom stereocenters. The molecule has 0 aromatic rings. The van der Waals surface area contributed by atoms with E-state index in [0.29, 0.717) is 26.2 Å². The summed E-state index contributed by atoms with van der Waals surface area (Å²) in [6.07, 6.45) is 0.796. The van der Waals surface area contributed by atoms with Crippen molar-refractivity contribution in [2.75, 3.05) is 26.2 Å². The van der Waals surface area contributed by atoms with Gasteiger partial charge in [-0.2, -0.15) is 12.7 Å². The first-order valence-electron chi connectivity index (χ1n) is 4.53. The number of hydrogen-bond acceptors (Lipinski definition) is 3. The maximum atomic E-state index is 11.5. The molecule has 13 heavy (non-hydrogen) atoms. The average Bonchev–Trinajstić information content (AvgIpc) is 2.04. The summed E-state index contributed by atoms with van der Waals surface area (Å²) in [7, 11) is -3.29. The zero-order valence-corrected chi connectivity index (χ0v) is 9.10. The van der Waals surface area contributed by atoms with Crippen molar-refractivity contribution in [2.45, 2.75) is 20.3 Å². The molecular weight excluding hydrogens is 190 g/mol. The highest BCUT2D eigenvalue weighted by atomic mass is 32.2. The molecule has 0 aliphatic rings. The molecule has 0 heterocycles. The van der Waals surface area contributed by atoms with Crippen LogP contribution in [0.5, 0.6) is 0 Å². The van der Waals surface area contributed by atoms with Crippen molar-refractivity contribution in [1.29, 1.82) is 0 Å². The first-order valence-corrected chi connectivity index (χ1v) is 5.97. The smallest absolute Gasteiger partial charge is 0.279 e. The van der Waals surface area contributed by atoms with Crippen molar-refractivity contribution in [3.8, 4) is 0 Å². The van der Waals surface area contributed by atoms with Crippen LogP contribution in [0.3, 0.4) is 0 Å². The van der Waals surface area contributed by atoms with E-state index in [1.54, 1.807) is 6.92 Å². The van der Waals surface area contributed by atoms with E-state index in [4.69, 9.17) is 5.73 Å². The Bertz CT molecular complexity index is 210. The Labute approximate surface area is 80.5 Å². The molecule has 0 aliphatic carbocycles. The molecule has 6 heteroatoms. The number of hydrogen-bond donors (Lipinski definition) is 2. The molecule has 0 bridgehead atoms. The van der Waals surface area contributed by atoms with E-state index in [0.717, 1.165) is 6.42 Å². The summed E-state index contributed by atoms with van der Waals surface area (Å²) in [5.41, 5.74) is 5.32. The standard InChI is InChI=1S/C7H19N3O2S/c1-3-6-10(7-5-8)13(11,12)9-4-2/h9H,3-8H2,1-2H3. The molecule has 5 nitrogen and oxygen atoms in total. The van der Waals surface area contributed by atoms with Gasteiger partial charge in [0.25, 0.3) is 10.2 Å². The zero-order chi connectivity index (χ0) is 10.3. The average molecular weight is 209 g/mol. The fraction of sp³-hybridized carbons (Fsp3) is 1.00. The van der Waals surface area contributed by atoms with E-state index in [2.05, 4.69) is 4.72 Å². The van der Waals surface area contributed by atoms with Gasteiger partial charge in [-0.1, -0.05) is 13.8 Å². The fourth-order valence-electron chi connectivity index (χ4n) is 1.02. The van der Waals surface area contributed by atoms with Crippen molar-refractivity contribution in [3.63, 3.8) is 0 Å². The first kappa shape index (κ1) is 12.8. The molecular formula is C7H19N3O2S. The van der Waals surface area contributed by atoms with Crippen LogP contribution >= 0.6 is 0 Å². The molecule has 0 radical (unpaired) electrons. The molecule has 0 aromatic carbocycles. The Morgan fingerprint density at radius 1 is 1.31 bits per heavy atom. The van der Waals surface area contributed by atoms with E-state index < -0.39 is 10.2 Å². The maximum absolute atomic E-state index is 11.5. The number of nitrogens with zero attached hydrogens (tertiary/aromatic N) is 1. The number of nitrogens with two attached hydrogens (primary N) is 1. The highest BCUT2D eigenvalue weighted by Crippen LogP contribution is 1.97. The summed E-state index contributed by atoms with van der Waals surface area (Å²) >= 11 is 0. The predicted molar refractivity (Wildman–Crippen MR) is 53.5 cm³/mol. The lowest BCUT2D eigenvalue weighted by Crippen LogP contribution is -2.43. The minimum absolute atomic E-state index is 0.352. The van der Waals surface area contributed by atoms with Gasteiger partial charge in [0.2, 0.25) is 0 Å². The van der Waals surface area contributed by atoms with Crippen LogP contribution < -0.4 is 10.5 Å². The van der Waals surface area contributed by atoms with Crippen molar-refractivity contribution in [1.82, 2.24) is 9.03 Å². The van der Waals surface area contributed by atoms with Gasteiger partial charge >= 0.3 is 0 Å². The number of rotatable bonds is 7. The maximum Gasteiger partial charge on any atom is 0.279 e. The topological polar surface area (TPSA) is 75.4 Å². The van der Waals surface area contributed by atoms with E-state index in [1.807, 2.05) is 6.92 Å². The van der Waals surface area contributed by atoms with Gasteiger partial charge in [-0.3, -0.25) is 0 Å². The van der Waals surface area contributed by atoms with Crippen molar-refractivity contribution < 1.29 is 8.42 Å². The molecule has 0 saturated heterocycles. The highest BCUT2D eigenvalue weighted by Gasteiger charge is 2.18. The SMILES string of the molecule is CCCN(CCN)S(=O)(=O)NCC. The van der Waals surface area contributed by atoms with E-state index in [-0.39, 0.29) is 0 Å². The lowest BCUT2D eigenvalue weighted by molar-refractivity contribution is 0.410. The van der Waals surface area contributed by atoms with Gasteiger partial charge in [0.05, 0.1) is 0 Å². The Balaban J connectivity index is 4.33. The molecule has 0 amide bonds. The van der Waals surface area contributed by atoms with Crippen LogP contribution in [-0.2, 0) is 10.2 Å². The molecule has 0 atom stereocenters. The van der Waals surface area contributed by atoms with Crippen LogP contribution in [0.2, 0.25) is 0 Å². The second kappa shape index (κ2) is 6.31. The van der Waals surface area contributed by atoms with Crippen LogP contribution in [0.15, 0.2) is 0 Å². The molecule has 0 aliphatic heterocycles. The monoisotopic (exact) mass is 209 g/mol. The van der Waals surface area contributed by atoms with Crippen molar-refractivity contribution in [3.05, 3.63) is 0 Å². The summed E-state index contributed by atoms with van der Waals surface area (Å²) in [5, 5.41) is 0. The normalized spacial score (nSPS) is 12.3. The summed E-state index contributed by atoms with van der Waals surface area (Å²) in [4.78, 5) is 0. The third-order valence-corrected chi connectivity index (χ3v) is 3.22. The Kier molecular flexibility index (Phi) is 6.23. The van der Waals surface area contributed by atoms with Gasteiger partial charge in [0, 0.05) is 26.2 Å². The molecule has 80 valence electrons. The zero-order valence-electron chi connectivity index (χ0n) is 8.28. The van der Waals surface area contributed by atoms with Crippen LogP contribution in [0.4, 0.5) is 0 Å². The third kappa shape index (κ3) is 4.56. The first-order chi connectivity index (χ1) is 6.08. The van der Waals surface area contributed by atoms with E-state index >= 15 is 0 Å². The summed E-state index contributed by atoms with van der Waals surface area (Å²) in [5.74, 6) is 0. The molecule has 0 fully saturated rings. The van der Waals surface area contributed by atoms with Gasteiger partial charge in [0.1, 0.15) is 0 Å². The minimum Gasteiger partial charge on any atom is -0.329 e. The quantitative estimate of drug-likeness (QED) is 0.594. The highest BCUT2D eigenvalue weighted by molar-refractivity contribution is 7.87. The Hall–Kier alpha value is -0.170. The minimum atomic E-state index is -3.29. The van der Waals surface area contributed by atoms with Gasteiger partial charge < -0.3 is 5.73 Å². The largest absolute Gasteiger partial charge is 0.329 e. The molecule has 0 spiro atoms. The van der Waals surface area contributed by atoms with Gasteiger partial charge in [-0.05, 0) is 6.42 Å². The lowest BCUT2D eigenvalue weighted by Gasteiger charge is -2.20. The third-order valence-electron chi connectivity index (χ3n) is 1.52. The van der Waals surface area contributed by atoms with Crippen LogP contribution in [-0.4, -0.2) is 38.9 Å². The van der Waals surface area contributed by atoms with Crippen molar-refractivity contribution >= 4 is 10.2 Å². The second-order valence-electron chi connectivity index (χ2n) is 2.69. The molecule has 3 N–H and O–H groups in total. The van der Waals surface area contributed by atoms with Gasteiger partial charge in [-0.15, -0.1) is 0 Å². The van der Waals surface area contributed by atoms with E-state index in [1.165, 1.54) is 4.31 Å². The van der Waals surface area contributed by atoms with E-state index in [9.17, 15) is 8.42 Å². The summed E-state index contributed by atoms with van der Waals surface area (Å²) < 4.78 is 26.7. The molecule has 0 rings (SSSR count). The molecule has 0 saturated carbocycles. The number of nitrogens with one attached hydrogen (secondary N) is 1. The Morgan fingerprint density at radius 3 is 2.31 bits per heavy atom. The Morgan fingerprint density at radius 2 is 1.92 bits per heavy atom. The predicted octanol–water partition coefficient (Wildman–Crippen LogP) is -0.489. The molecule has 0 aromatic heterocycles. The second-order valence-corrected chi connectivity index (χ2v) is 4.45. The lowest BCUT2D eigenvalue weighted by atomic mass is 10.5. The summed E-state index contributed by atoms with van der Waals surface area (Å²) in [6.45, 7) is 5.35. The fourth-order valence-corrected chi connectivity index (χ4v) is 2.34. The van der Waals surface area contributed by atoms with Crippen molar-refractivity contribution in [2.24, 2.45) is 5.73 Å². The van der Waals surface area contributed by atoms with Gasteiger partial charge in [0.15, 0.2) is 0 Å². The summed E-state index contributed by atoms with van der Waals surface area (Å²) in [6, 6.07) is 0. The van der Waals surface area contributed by atoms with Crippen LogP contribution in [0.25, 0.3) is 0 Å². The van der Waals surface area contributed by atoms with Gasteiger partial charge in [-0.25, -0.2) is 4.72 Å².